The van der Waals surface area contributed by atoms with E-state index in [-0.39, 0.29) is 0 Å². The van der Waals surface area contributed by atoms with Gasteiger partial charge >= 0.3 is 0 Å². The fourth-order valence-corrected chi connectivity index (χ4v) is 3.49. The van der Waals surface area contributed by atoms with Crippen LogP contribution in [0, 0.1) is 0 Å². The van der Waals surface area contributed by atoms with E-state index in [0.717, 1.165) is 24.6 Å². The lowest BCUT2D eigenvalue weighted by Gasteiger charge is -2.14. The minimum atomic E-state index is 0.693. The van der Waals surface area contributed by atoms with Gasteiger partial charge in [-0.1, -0.05) is 25.1 Å². The summed E-state index contributed by atoms with van der Waals surface area (Å²) >= 11 is 1.84. The van der Waals surface area contributed by atoms with Crippen molar-refractivity contribution in [1.82, 2.24) is 20.2 Å². The summed E-state index contributed by atoms with van der Waals surface area (Å²) in [5.41, 5.74) is 2.31. The minimum Gasteiger partial charge on any atom is -0.352 e. The van der Waals surface area contributed by atoms with Crippen LogP contribution < -0.4 is 10.6 Å². The van der Waals surface area contributed by atoms with E-state index >= 15 is 0 Å². The van der Waals surface area contributed by atoms with Crippen LogP contribution in [0.25, 0.3) is 5.69 Å². The van der Waals surface area contributed by atoms with Crippen LogP contribution in [-0.4, -0.2) is 22.6 Å². The highest BCUT2D eigenvalue weighted by Gasteiger charge is 2.05. The van der Waals surface area contributed by atoms with Gasteiger partial charge in [-0.05, 0) is 30.2 Å². The molecule has 25 heavy (non-hydrogen) atoms. The number of imidazole rings is 1. The SMILES string of the molecule is CCc1ccc(CNC(=NC)NCc2ccccc2-n2ccnc2)s1. The van der Waals surface area contributed by atoms with Gasteiger partial charge in [0.05, 0.1) is 18.6 Å². The summed E-state index contributed by atoms with van der Waals surface area (Å²) in [7, 11) is 1.79. The standard InChI is InChI=1S/C19H23N5S/c1-3-16-8-9-17(25-16)13-23-19(20-2)22-12-15-6-4-5-7-18(15)24-11-10-21-14-24/h4-11,14H,3,12-13H2,1-2H3,(H2,20,22,23). The van der Waals surface area contributed by atoms with Crippen molar-refractivity contribution in [2.45, 2.75) is 26.4 Å². The van der Waals surface area contributed by atoms with Gasteiger partial charge in [0.15, 0.2) is 5.96 Å². The summed E-state index contributed by atoms with van der Waals surface area (Å²) < 4.78 is 2.02. The number of nitrogens with one attached hydrogen (secondary N) is 2. The Balaban J connectivity index is 1.60. The molecule has 1 aromatic carbocycles. The number of benzene rings is 1. The zero-order valence-corrected chi connectivity index (χ0v) is 15.4. The van der Waals surface area contributed by atoms with Crippen LogP contribution >= 0.6 is 11.3 Å². The molecule has 2 heterocycles. The molecule has 0 fully saturated rings. The smallest absolute Gasteiger partial charge is 0.191 e. The van der Waals surface area contributed by atoms with Crippen LogP contribution in [0.2, 0.25) is 0 Å². The average Bonchev–Trinajstić information content (AvgIpc) is 3.34. The number of rotatable bonds is 6. The van der Waals surface area contributed by atoms with Gasteiger partial charge in [-0.2, -0.15) is 0 Å². The molecule has 0 saturated carbocycles. The summed E-state index contributed by atoms with van der Waals surface area (Å²) in [5.74, 6) is 0.798. The highest BCUT2D eigenvalue weighted by Crippen LogP contribution is 2.16. The third-order valence-electron chi connectivity index (χ3n) is 3.94. The zero-order chi connectivity index (χ0) is 17.5. The van der Waals surface area contributed by atoms with Gasteiger partial charge in [0, 0.05) is 35.7 Å². The zero-order valence-electron chi connectivity index (χ0n) is 14.6. The number of nitrogens with zero attached hydrogens (tertiary/aromatic N) is 3. The lowest BCUT2D eigenvalue weighted by Crippen LogP contribution is -2.36. The Morgan fingerprint density at radius 3 is 2.64 bits per heavy atom. The molecule has 0 bridgehead atoms. The number of guanidine groups is 1. The first-order valence-electron chi connectivity index (χ1n) is 8.38. The third kappa shape index (κ3) is 4.48. The predicted octanol–water partition coefficient (Wildman–Crippen LogP) is 3.36. The molecule has 2 N–H and O–H groups in total. The van der Waals surface area contributed by atoms with E-state index in [9.17, 15) is 0 Å². The van der Waals surface area contributed by atoms with E-state index in [0.29, 0.717) is 6.54 Å². The highest BCUT2D eigenvalue weighted by molar-refractivity contribution is 7.11. The Labute approximate surface area is 152 Å². The molecule has 3 rings (SSSR count). The lowest BCUT2D eigenvalue weighted by molar-refractivity contribution is 0.809. The molecule has 0 unspecified atom stereocenters. The van der Waals surface area contributed by atoms with E-state index in [1.165, 1.54) is 15.3 Å². The molecular weight excluding hydrogens is 330 g/mol. The first-order chi connectivity index (χ1) is 12.3. The van der Waals surface area contributed by atoms with Crippen molar-refractivity contribution < 1.29 is 0 Å². The second kappa shape index (κ2) is 8.48. The summed E-state index contributed by atoms with van der Waals surface area (Å²) in [4.78, 5) is 11.2. The quantitative estimate of drug-likeness (QED) is 0.528. The normalized spacial score (nSPS) is 11.5. The van der Waals surface area contributed by atoms with Crippen molar-refractivity contribution in [2.24, 2.45) is 4.99 Å². The third-order valence-corrected chi connectivity index (χ3v) is 5.17. The van der Waals surface area contributed by atoms with Crippen LogP contribution in [0.15, 0.2) is 60.1 Å². The highest BCUT2D eigenvalue weighted by atomic mass is 32.1. The van der Waals surface area contributed by atoms with Crippen LogP contribution in [0.1, 0.15) is 22.2 Å². The van der Waals surface area contributed by atoms with Gasteiger partial charge < -0.3 is 15.2 Å². The number of thiophene rings is 1. The second-order valence-electron chi connectivity index (χ2n) is 5.60. The Morgan fingerprint density at radius 1 is 1.12 bits per heavy atom. The van der Waals surface area contributed by atoms with Crippen molar-refractivity contribution in [3.63, 3.8) is 0 Å². The van der Waals surface area contributed by atoms with Gasteiger partial charge in [0.25, 0.3) is 0 Å². The van der Waals surface area contributed by atoms with Crippen molar-refractivity contribution in [2.75, 3.05) is 7.05 Å². The fourth-order valence-electron chi connectivity index (χ4n) is 2.59. The Hall–Kier alpha value is -2.60. The predicted molar refractivity (Wildman–Crippen MR) is 104 cm³/mol. The molecule has 0 aliphatic heterocycles. The van der Waals surface area contributed by atoms with Crippen LogP contribution in [0.4, 0.5) is 0 Å². The molecule has 0 spiro atoms. The molecule has 0 atom stereocenters. The average molecular weight is 353 g/mol. The molecule has 130 valence electrons. The molecule has 0 saturated heterocycles. The summed E-state index contributed by atoms with van der Waals surface area (Å²) in [6, 6.07) is 12.7. The summed E-state index contributed by atoms with van der Waals surface area (Å²) in [5, 5.41) is 6.77. The van der Waals surface area contributed by atoms with E-state index in [4.69, 9.17) is 0 Å². The molecule has 0 amide bonds. The number of aryl methyl sites for hydroxylation is 1. The Kier molecular flexibility index (Phi) is 5.85. The number of hydrogen-bond donors (Lipinski definition) is 2. The van der Waals surface area contributed by atoms with Gasteiger partial charge in [-0.15, -0.1) is 11.3 Å². The molecule has 3 aromatic rings. The van der Waals surface area contributed by atoms with Crippen LogP contribution in [0.5, 0.6) is 0 Å². The largest absolute Gasteiger partial charge is 0.352 e. The molecule has 5 nitrogen and oxygen atoms in total. The topological polar surface area (TPSA) is 54.2 Å². The van der Waals surface area contributed by atoms with E-state index in [1.54, 1.807) is 13.2 Å². The van der Waals surface area contributed by atoms with Crippen molar-refractivity contribution in [3.8, 4) is 5.69 Å². The molecule has 2 aromatic heterocycles. The van der Waals surface area contributed by atoms with Gasteiger partial charge in [0.1, 0.15) is 0 Å². The van der Waals surface area contributed by atoms with E-state index in [1.807, 2.05) is 40.6 Å². The summed E-state index contributed by atoms with van der Waals surface area (Å²) in [6.45, 7) is 3.66. The number of hydrogen-bond acceptors (Lipinski definition) is 3. The molecule has 0 aliphatic rings. The maximum Gasteiger partial charge on any atom is 0.191 e. The molecule has 0 aliphatic carbocycles. The van der Waals surface area contributed by atoms with E-state index < -0.39 is 0 Å². The maximum atomic E-state index is 4.32. The van der Waals surface area contributed by atoms with Gasteiger partial charge in [0.2, 0.25) is 0 Å². The van der Waals surface area contributed by atoms with Crippen LogP contribution in [-0.2, 0) is 19.5 Å². The first kappa shape index (κ1) is 17.2. The van der Waals surface area contributed by atoms with Crippen molar-refractivity contribution in [1.29, 1.82) is 0 Å². The number of aliphatic imine (C=N–C) groups is 1. The van der Waals surface area contributed by atoms with Gasteiger partial charge in [-0.25, -0.2) is 4.98 Å². The Morgan fingerprint density at radius 2 is 1.92 bits per heavy atom. The number of aromatic nitrogens is 2. The van der Waals surface area contributed by atoms with Gasteiger partial charge in [-0.3, -0.25) is 4.99 Å². The van der Waals surface area contributed by atoms with Crippen molar-refractivity contribution >= 4 is 17.3 Å². The molecular formula is C19H23N5S. The number of para-hydroxylation sites is 1. The second-order valence-corrected chi connectivity index (χ2v) is 6.85. The molecule has 0 radical (unpaired) electrons. The monoisotopic (exact) mass is 353 g/mol. The first-order valence-corrected chi connectivity index (χ1v) is 9.20. The fraction of sp³-hybridized carbons (Fsp3) is 0.263. The molecule has 6 heteroatoms. The summed E-state index contributed by atoms with van der Waals surface area (Å²) in [6.07, 6.45) is 6.64. The van der Waals surface area contributed by atoms with Crippen molar-refractivity contribution in [3.05, 3.63) is 70.4 Å². The Bertz CT molecular complexity index is 820. The maximum absolute atomic E-state index is 4.32. The van der Waals surface area contributed by atoms with Crippen LogP contribution in [0.3, 0.4) is 0 Å². The lowest BCUT2D eigenvalue weighted by atomic mass is 10.1. The van der Waals surface area contributed by atoms with E-state index in [2.05, 4.69) is 51.8 Å². The minimum absolute atomic E-state index is 0.693.